The highest BCUT2D eigenvalue weighted by molar-refractivity contribution is 5.81. The summed E-state index contributed by atoms with van der Waals surface area (Å²) in [6, 6.07) is 2.08. The van der Waals surface area contributed by atoms with Crippen LogP contribution in [-0.2, 0) is 11.0 Å². The number of hydrogen-bond acceptors (Lipinski definition) is 4. The van der Waals surface area contributed by atoms with E-state index >= 15 is 0 Å². The number of anilines is 1. The highest BCUT2D eigenvalue weighted by Gasteiger charge is 2.33. The van der Waals surface area contributed by atoms with Crippen LogP contribution in [0.5, 0.6) is 0 Å². The number of carbonyl (C=O) groups excluding carboxylic acids is 1. The molecule has 0 saturated heterocycles. The van der Waals surface area contributed by atoms with E-state index in [9.17, 15) is 28.1 Å². The number of amides is 1. The zero-order valence-corrected chi connectivity index (χ0v) is 10.5. The third kappa shape index (κ3) is 4.11. The minimum atomic E-state index is -4.66. The average molecular weight is 291 g/mol. The smallest absolute Gasteiger partial charge is 0.371 e. The largest absolute Gasteiger partial charge is 0.416 e. The molecule has 1 rings (SSSR count). The van der Waals surface area contributed by atoms with Gasteiger partial charge in [0.1, 0.15) is 5.69 Å². The normalized spacial score (nSPS) is 11.0. The maximum atomic E-state index is 12.5. The van der Waals surface area contributed by atoms with Crippen LogP contribution >= 0.6 is 0 Å². The lowest BCUT2D eigenvalue weighted by atomic mass is 10.1. The number of nitrogens with one attached hydrogen (secondary N) is 2. The van der Waals surface area contributed by atoms with E-state index in [-0.39, 0.29) is 12.2 Å². The summed E-state index contributed by atoms with van der Waals surface area (Å²) in [5.74, 6) is -0.415. The Kier molecular flexibility index (Phi) is 4.89. The van der Waals surface area contributed by atoms with Crippen molar-refractivity contribution < 1.29 is 22.9 Å². The maximum absolute atomic E-state index is 12.5. The van der Waals surface area contributed by atoms with Crippen molar-refractivity contribution in [2.24, 2.45) is 0 Å². The molecule has 0 unspecified atom stereocenters. The molecule has 0 aliphatic heterocycles. The summed E-state index contributed by atoms with van der Waals surface area (Å²) in [5, 5.41) is 15.7. The van der Waals surface area contributed by atoms with Crippen molar-refractivity contribution in [2.45, 2.75) is 13.1 Å². The molecule has 0 atom stereocenters. The Morgan fingerprint density at radius 1 is 1.40 bits per heavy atom. The molecule has 2 N–H and O–H groups in total. The van der Waals surface area contributed by atoms with Crippen molar-refractivity contribution in [3.8, 4) is 0 Å². The number of nitrogens with zero attached hydrogens (tertiary/aromatic N) is 1. The quantitative estimate of drug-likeness (QED) is 0.643. The first-order valence-electron chi connectivity index (χ1n) is 5.62. The van der Waals surface area contributed by atoms with Crippen molar-refractivity contribution in [3.05, 3.63) is 33.9 Å². The predicted molar refractivity (Wildman–Crippen MR) is 65.3 cm³/mol. The molecule has 0 saturated carbocycles. The molecular weight excluding hydrogens is 279 g/mol. The van der Waals surface area contributed by atoms with E-state index in [1.165, 1.54) is 0 Å². The molecule has 9 heteroatoms. The van der Waals surface area contributed by atoms with Gasteiger partial charge in [-0.1, -0.05) is 0 Å². The van der Waals surface area contributed by atoms with Gasteiger partial charge in [0.15, 0.2) is 0 Å². The molecule has 110 valence electrons. The van der Waals surface area contributed by atoms with Crippen molar-refractivity contribution >= 4 is 17.3 Å². The van der Waals surface area contributed by atoms with Gasteiger partial charge in [-0.05, 0) is 19.1 Å². The van der Waals surface area contributed by atoms with Crippen LogP contribution in [0.4, 0.5) is 24.5 Å². The first-order chi connectivity index (χ1) is 9.25. The summed E-state index contributed by atoms with van der Waals surface area (Å²) < 4.78 is 37.4. The summed E-state index contributed by atoms with van der Waals surface area (Å²) in [7, 11) is 0. The van der Waals surface area contributed by atoms with Crippen LogP contribution in [0.2, 0.25) is 0 Å². The van der Waals surface area contributed by atoms with Gasteiger partial charge in [0.25, 0.3) is 5.69 Å². The lowest BCUT2D eigenvalue weighted by Crippen LogP contribution is -2.29. The van der Waals surface area contributed by atoms with E-state index in [2.05, 4.69) is 10.6 Å². The molecule has 0 aliphatic rings. The SMILES string of the molecule is CCNC(=O)CNc1ccc(C(F)(F)F)cc1[N+](=O)[O-]. The van der Waals surface area contributed by atoms with Gasteiger partial charge in [0.2, 0.25) is 5.91 Å². The Bertz CT molecular complexity index is 517. The van der Waals surface area contributed by atoms with E-state index < -0.39 is 28.3 Å². The Morgan fingerprint density at radius 3 is 2.55 bits per heavy atom. The Balaban J connectivity index is 2.97. The number of benzene rings is 1. The van der Waals surface area contributed by atoms with Gasteiger partial charge in [-0.2, -0.15) is 13.2 Å². The number of hydrogen-bond donors (Lipinski definition) is 2. The summed E-state index contributed by atoms with van der Waals surface area (Å²) >= 11 is 0. The van der Waals surface area contributed by atoms with Gasteiger partial charge in [0.05, 0.1) is 17.0 Å². The minimum absolute atomic E-state index is 0.144. The van der Waals surface area contributed by atoms with Crippen molar-refractivity contribution in [3.63, 3.8) is 0 Å². The van der Waals surface area contributed by atoms with E-state index in [0.717, 1.165) is 6.07 Å². The Labute approximate surface area is 112 Å². The zero-order chi connectivity index (χ0) is 15.3. The summed E-state index contributed by atoms with van der Waals surface area (Å²) in [6.07, 6.45) is -4.66. The van der Waals surface area contributed by atoms with Gasteiger partial charge >= 0.3 is 6.18 Å². The Hall–Kier alpha value is -2.32. The third-order valence-corrected chi connectivity index (χ3v) is 2.34. The van der Waals surface area contributed by atoms with Crippen molar-refractivity contribution in [2.75, 3.05) is 18.4 Å². The molecule has 6 nitrogen and oxygen atoms in total. The second-order valence-electron chi connectivity index (χ2n) is 3.79. The van der Waals surface area contributed by atoms with E-state index in [0.29, 0.717) is 18.7 Å². The molecule has 0 aliphatic carbocycles. The van der Waals surface area contributed by atoms with Gasteiger partial charge in [-0.15, -0.1) is 0 Å². The fraction of sp³-hybridized carbons (Fsp3) is 0.364. The molecule has 1 amide bonds. The van der Waals surface area contributed by atoms with Crippen LogP contribution in [0, 0.1) is 10.1 Å². The van der Waals surface area contributed by atoms with Gasteiger partial charge in [-0.3, -0.25) is 14.9 Å². The van der Waals surface area contributed by atoms with Crippen molar-refractivity contribution in [1.29, 1.82) is 0 Å². The minimum Gasteiger partial charge on any atom is -0.371 e. The van der Waals surface area contributed by atoms with E-state index in [1.54, 1.807) is 6.92 Å². The fourth-order valence-corrected chi connectivity index (χ4v) is 1.44. The van der Waals surface area contributed by atoms with Crippen LogP contribution in [0.1, 0.15) is 12.5 Å². The lowest BCUT2D eigenvalue weighted by Gasteiger charge is -2.10. The Morgan fingerprint density at radius 2 is 2.05 bits per heavy atom. The van der Waals surface area contributed by atoms with Crippen LogP contribution < -0.4 is 10.6 Å². The van der Waals surface area contributed by atoms with Crippen LogP contribution in [0.15, 0.2) is 18.2 Å². The predicted octanol–water partition coefficient (Wildman–Crippen LogP) is 2.16. The molecule has 1 aromatic carbocycles. The standard InChI is InChI=1S/C11H12F3N3O3/c1-2-15-10(18)6-16-8-4-3-7(11(12,13)14)5-9(8)17(19)20/h3-5,16H,2,6H2,1H3,(H,15,18). The second kappa shape index (κ2) is 6.22. The van der Waals surface area contributed by atoms with Gasteiger partial charge in [0, 0.05) is 12.6 Å². The molecule has 0 radical (unpaired) electrons. The number of carbonyl (C=O) groups is 1. The fourth-order valence-electron chi connectivity index (χ4n) is 1.44. The number of nitro benzene ring substituents is 1. The zero-order valence-electron chi connectivity index (χ0n) is 10.5. The summed E-state index contributed by atoms with van der Waals surface area (Å²) in [5.41, 5.74) is -1.99. The molecular formula is C11H12F3N3O3. The summed E-state index contributed by atoms with van der Waals surface area (Å²) in [4.78, 5) is 21.0. The van der Waals surface area contributed by atoms with Crippen LogP contribution in [-0.4, -0.2) is 23.9 Å². The number of likely N-dealkylation sites (N-methyl/N-ethyl adjacent to an activating group) is 1. The molecule has 0 aromatic heterocycles. The molecule has 0 spiro atoms. The molecule has 0 heterocycles. The molecule has 0 fully saturated rings. The van der Waals surface area contributed by atoms with Gasteiger partial charge in [-0.25, -0.2) is 0 Å². The topological polar surface area (TPSA) is 84.3 Å². The lowest BCUT2D eigenvalue weighted by molar-refractivity contribution is -0.384. The molecule has 20 heavy (non-hydrogen) atoms. The highest BCUT2D eigenvalue weighted by Crippen LogP contribution is 2.34. The highest BCUT2D eigenvalue weighted by atomic mass is 19.4. The van der Waals surface area contributed by atoms with Gasteiger partial charge < -0.3 is 10.6 Å². The van der Waals surface area contributed by atoms with E-state index in [4.69, 9.17) is 0 Å². The van der Waals surface area contributed by atoms with Crippen molar-refractivity contribution in [1.82, 2.24) is 5.32 Å². The molecule has 0 bridgehead atoms. The first-order valence-corrected chi connectivity index (χ1v) is 5.62. The third-order valence-electron chi connectivity index (χ3n) is 2.34. The van der Waals surface area contributed by atoms with E-state index in [1.807, 2.05) is 0 Å². The number of halogens is 3. The number of nitro groups is 1. The average Bonchev–Trinajstić information content (AvgIpc) is 2.35. The van der Waals surface area contributed by atoms with Crippen LogP contribution in [0.3, 0.4) is 0 Å². The summed E-state index contributed by atoms with van der Waals surface area (Å²) in [6.45, 7) is 1.81. The first kappa shape index (κ1) is 15.7. The number of alkyl halides is 3. The number of rotatable bonds is 5. The second-order valence-corrected chi connectivity index (χ2v) is 3.79. The maximum Gasteiger partial charge on any atom is 0.416 e. The van der Waals surface area contributed by atoms with Crippen LogP contribution in [0.25, 0.3) is 0 Å². The monoisotopic (exact) mass is 291 g/mol. The molecule has 1 aromatic rings.